The maximum Gasteiger partial charge on any atom is 0.265 e. The van der Waals surface area contributed by atoms with Crippen molar-refractivity contribution < 1.29 is 13.9 Å². The summed E-state index contributed by atoms with van der Waals surface area (Å²) in [7, 11) is 0. The third-order valence-electron chi connectivity index (χ3n) is 7.36. The predicted octanol–water partition coefficient (Wildman–Crippen LogP) is 5.22. The Kier molecular flexibility index (Phi) is 5.46. The van der Waals surface area contributed by atoms with Gasteiger partial charge in [-0.1, -0.05) is 18.2 Å². The second-order valence-corrected chi connectivity index (χ2v) is 9.93. The number of benzene rings is 2. The molecule has 1 saturated carbocycles. The molecule has 4 N–H and O–H groups in total. The van der Waals surface area contributed by atoms with Crippen molar-refractivity contribution in [1.82, 2.24) is 24.5 Å². The summed E-state index contributed by atoms with van der Waals surface area (Å²) in [5, 5.41) is 11.7. The average Bonchev–Trinajstić information content (AvgIpc) is 3.72. The van der Waals surface area contributed by atoms with Crippen molar-refractivity contribution in [2.45, 2.75) is 25.4 Å². The van der Waals surface area contributed by atoms with Crippen LogP contribution in [-0.4, -0.2) is 29.6 Å². The van der Waals surface area contributed by atoms with Gasteiger partial charge in [-0.05, 0) is 66.1 Å². The van der Waals surface area contributed by atoms with E-state index in [1.807, 2.05) is 6.07 Å². The van der Waals surface area contributed by atoms with E-state index in [2.05, 4.69) is 19.9 Å². The molecule has 7 rings (SSSR count). The van der Waals surface area contributed by atoms with E-state index >= 15 is 4.39 Å². The van der Waals surface area contributed by atoms with E-state index in [0.717, 1.165) is 24.6 Å². The van der Waals surface area contributed by atoms with E-state index in [4.69, 9.17) is 5.73 Å². The molecule has 0 saturated heterocycles. The van der Waals surface area contributed by atoms with Gasteiger partial charge in [0.2, 0.25) is 5.95 Å². The maximum atomic E-state index is 15.2. The fourth-order valence-electron chi connectivity index (χ4n) is 5.29. The molecule has 198 valence electrons. The molecule has 4 heterocycles. The molecule has 1 aliphatic rings. The third-order valence-corrected chi connectivity index (χ3v) is 7.36. The van der Waals surface area contributed by atoms with Crippen LogP contribution in [0.1, 0.15) is 29.9 Å². The summed E-state index contributed by atoms with van der Waals surface area (Å²) >= 11 is 0. The molecule has 1 aliphatic carbocycles. The molecule has 0 aliphatic heterocycles. The fourth-order valence-corrected chi connectivity index (χ4v) is 5.29. The molecule has 6 aromatic rings. The van der Waals surface area contributed by atoms with Crippen molar-refractivity contribution in [3.05, 3.63) is 100 Å². The molecule has 40 heavy (non-hydrogen) atoms. The Morgan fingerprint density at radius 3 is 2.67 bits per heavy atom. The topological polar surface area (TPSA) is 123 Å². The molecular weight excluding hydrogens is 514 g/mol. The number of nitrogens with two attached hydrogens (primary N) is 1. The Morgan fingerprint density at radius 1 is 1.07 bits per heavy atom. The van der Waals surface area contributed by atoms with E-state index in [0.29, 0.717) is 56.2 Å². The van der Waals surface area contributed by atoms with E-state index in [9.17, 15) is 14.3 Å². The summed E-state index contributed by atoms with van der Waals surface area (Å²) in [5.74, 6) is -0.668. The van der Waals surface area contributed by atoms with Crippen molar-refractivity contribution >= 4 is 27.8 Å². The van der Waals surface area contributed by atoms with Crippen LogP contribution >= 0.6 is 0 Å². The zero-order chi connectivity index (χ0) is 27.5. The zero-order valence-corrected chi connectivity index (χ0v) is 21.0. The standard InChI is InChI=1S/C30H22F2N6O2/c31-18-6-7-23(34-13-18)24-12-20-27(36-30(33)37-28(20)35-24)19-2-1-3-25(21(19)14-39)38-9-8-16-10-17(15-4-5-15)11-22(32)26(16)29(38)40/h1-3,6-13,15,39H,4-5,14H2,(H3,33,35,36,37). The predicted molar refractivity (Wildman–Crippen MR) is 148 cm³/mol. The van der Waals surface area contributed by atoms with Gasteiger partial charge in [0.15, 0.2) is 0 Å². The number of anilines is 1. The third kappa shape index (κ3) is 3.92. The first-order valence-electron chi connectivity index (χ1n) is 12.8. The molecule has 8 nitrogen and oxygen atoms in total. The number of pyridine rings is 2. The second-order valence-electron chi connectivity index (χ2n) is 9.93. The fraction of sp³-hybridized carbons (Fsp3) is 0.133. The highest BCUT2D eigenvalue weighted by molar-refractivity contribution is 5.96. The molecular formula is C30H22F2N6O2. The molecule has 0 bridgehead atoms. The van der Waals surface area contributed by atoms with Crippen LogP contribution in [0.5, 0.6) is 0 Å². The minimum atomic E-state index is -0.556. The van der Waals surface area contributed by atoms with Gasteiger partial charge in [-0.25, -0.2) is 13.8 Å². The smallest absolute Gasteiger partial charge is 0.265 e. The molecule has 0 radical (unpaired) electrons. The number of nitrogen functional groups attached to an aromatic ring is 1. The number of aromatic nitrogens is 5. The van der Waals surface area contributed by atoms with Gasteiger partial charge in [0.05, 0.1) is 41.0 Å². The number of rotatable bonds is 5. The van der Waals surface area contributed by atoms with Crippen LogP contribution < -0.4 is 11.3 Å². The van der Waals surface area contributed by atoms with E-state index < -0.39 is 23.8 Å². The summed E-state index contributed by atoms with van der Waals surface area (Å²) in [6.07, 6.45) is 4.76. The lowest BCUT2D eigenvalue weighted by molar-refractivity contribution is 0.282. The van der Waals surface area contributed by atoms with Crippen LogP contribution in [0.25, 0.3) is 50.1 Å². The first kappa shape index (κ1) is 24.1. The van der Waals surface area contributed by atoms with Crippen molar-refractivity contribution in [3.63, 3.8) is 0 Å². The van der Waals surface area contributed by atoms with E-state index in [1.54, 1.807) is 36.5 Å². The summed E-state index contributed by atoms with van der Waals surface area (Å²) in [6.45, 7) is -0.429. The van der Waals surface area contributed by atoms with Gasteiger partial charge >= 0.3 is 0 Å². The van der Waals surface area contributed by atoms with Gasteiger partial charge in [-0.3, -0.25) is 14.3 Å². The minimum Gasteiger partial charge on any atom is -0.392 e. The SMILES string of the molecule is Nc1nc(-c2cccc(-n3ccc4cc(C5CC5)cc(F)c4c3=O)c2CO)c2cc(-c3ccc(F)cn3)[nH]c2n1. The number of halogens is 2. The number of nitrogens with zero attached hydrogens (tertiary/aromatic N) is 4. The monoisotopic (exact) mass is 536 g/mol. The maximum absolute atomic E-state index is 15.2. The first-order chi connectivity index (χ1) is 19.4. The Bertz CT molecular complexity index is 2010. The van der Waals surface area contributed by atoms with Crippen LogP contribution in [-0.2, 0) is 6.61 Å². The van der Waals surface area contributed by atoms with Gasteiger partial charge in [-0.2, -0.15) is 4.98 Å². The Labute approximate surface area is 225 Å². The van der Waals surface area contributed by atoms with Gasteiger partial charge in [0.1, 0.15) is 17.3 Å². The number of fused-ring (bicyclic) bond motifs is 2. The van der Waals surface area contributed by atoms with Crippen molar-refractivity contribution in [3.8, 4) is 28.3 Å². The quantitative estimate of drug-likeness (QED) is 0.278. The lowest BCUT2D eigenvalue weighted by Crippen LogP contribution is -2.20. The number of aliphatic hydroxyl groups is 1. The summed E-state index contributed by atoms with van der Waals surface area (Å²) in [4.78, 5) is 29.6. The zero-order valence-electron chi connectivity index (χ0n) is 21.0. The summed E-state index contributed by atoms with van der Waals surface area (Å²) in [5.41, 5.74) is 9.66. The van der Waals surface area contributed by atoms with E-state index in [1.165, 1.54) is 22.8 Å². The second kappa shape index (κ2) is 9.06. The van der Waals surface area contributed by atoms with Crippen molar-refractivity contribution in [2.24, 2.45) is 0 Å². The van der Waals surface area contributed by atoms with Crippen LogP contribution in [0.4, 0.5) is 14.7 Å². The number of aliphatic hydroxyl groups excluding tert-OH is 1. The van der Waals surface area contributed by atoms with Crippen LogP contribution in [0, 0.1) is 11.6 Å². The molecule has 10 heteroatoms. The van der Waals surface area contributed by atoms with Crippen LogP contribution in [0.2, 0.25) is 0 Å². The van der Waals surface area contributed by atoms with Gasteiger partial charge in [0, 0.05) is 22.7 Å². The van der Waals surface area contributed by atoms with Gasteiger partial charge in [0.25, 0.3) is 5.56 Å². The van der Waals surface area contributed by atoms with Crippen LogP contribution in [0.15, 0.2) is 71.8 Å². The highest BCUT2D eigenvalue weighted by Gasteiger charge is 2.25. The van der Waals surface area contributed by atoms with Gasteiger partial charge < -0.3 is 15.8 Å². The first-order valence-corrected chi connectivity index (χ1v) is 12.8. The normalized spacial score (nSPS) is 13.4. The Balaban J connectivity index is 1.41. The Morgan fingerprint density at radius 2 is 1.93 bits per heavy atom. The van der Waals surface area contributed by atoms with E-state index in [-0.39, 0.29) is 11.3 Å². The lowest BCUT2D eigenvalue weighted by Gasteiger charge is -2.16. The van der Waals surface area contributed by atoms with Crippen molar-refractivity contribution in [2.75, 3.05) is 5.73 Å². The number of hydrogen-bond donors (Lipinski definition) is 3. The molecule has 1 fully saturated rings. The minimum absolute atomic E-state index is 0.00284. The van der Waals surface area contributed by atoms with Crippen molar-refractivity contribution in [1.29, 1.82) is 0 Å². The molecule has 0 amide bonds. The molecule has 0 atom stereocenters. The summed E-state index contributed by atoms with van der Waals surface area (Å²) < 4.78 is 29.9. The Hall–Kier alpha value is -4.96. The number of nitrogens with one attached hydrogen (secondary N) is 1. The number of aromatic amines is 1. The highest BCUT2D eigenvalue weighted by atomic mass is 19.1. The number of H-pyrrole nitrogens is 1. The summed E-state index contributed by atoms with van der Waals surface area (Å²) in [6, 6.07) is 14.8. The molecule has 0 spiro atoms. The molecule has 4 aromatic heterocycles. The molecule has 2 aromatic carbocycles. The molecule has 0 unspecified atom stereocenters. The largest absolute Gasteiger partial charge is 0.392 e. The van der Waals surface area contributed by atoms with Crippen LogP contribution in [0.3, 0.4) is 0 Å². The number of hydrogen-bond acceptors (Lipinski definition) is 6. The lowest BCUT2D eigenvalue weighted by atomic mass is 10.00. The average molecular weight is 537 g/mol. The highest BCUT2D eigenvalue weighted by Crippen LogP contribution is 2.41. The van der Waals surface area contributed by atoms with Gasteiger partial charge in [-0.15, -0.1) is 0 Å².